The van der Waals surface area contributed by atoms with Gasteiger partial charge in [-0.3, -0.25) is 0 Å². The molecule has 0 bridgehead atoms. The molecule has 0 saturated heterocycles. The Hall–Kier alpha value is -2.60. The van der Waals surface area contributed by atoms with Crippen molar-refractivity contribution in [3.63, 3.8) is 0 Å². The van der Waals surface area contributed by atoms with Gasteiger partial charge in [-0.25, -0.2) is 4.79 Å². The lowest BCUT2D eigenvalue weighted by Gasteiger charge is -2.38. The number of ether oxygens (including phenoxy) is 2. The predicted molar refractivity (Wildman–Crippen MR) is 115 cm³/mol. The quantitative estimate of drug-likeness (QED) is 0.572. The average molecular weight is 399 g/mol. The standard InChI is InChI=1S/C22H26N2O3S/c1-5-26-20(25)15-10-8-11-17(14(15)2)23-21(28)24-18-13-22(3,4)27-19-12-7-6-9-16(18)19/h6-12,18H,5,13H2,1-4H3,(H2,23,24,28)/t18-/m1/s1. The van der Waals surface area contributed by atoms with Crippen molar-refractivity contribution in [3.8, 4) is 5.75 Å². The van der Waals surface area contributed by atoms with E-state index in [0.29, 0.717) is 17.3 Å². The number of carbonyl (C=O) groups excluding carboxylic acids is 1. The van der Waals surface area contributed by atoms with E-state index in [9.17, 15) is 4.79 Å². The first-order valence-electron chi connectivity index (χ1n) is 9.43. The van der Waals surface area contributed by atoms with Crippen molar-refractivity contribution < 1.29 is 14.3 Å². The molecule has 0 spiro atoms. The Kier molecular flexibility index (Phi) is 5.89. The van der Waals surface area contributed by atoms with Gasteiger partial charge in [-0.15, -0.1) is 0 Å². The van der Waals surface area contributed by atoms with E-state index in [-0.39, 0.29) is 17.6 Å². The number of rotatable bonds is 4. The normalized spacial score (nSPS) is 17.1. The molecular weight excluding hydrogens is 372 g/mol. The summed E-state index contributed by atoms with van der Waals surface area (Å²) >= 11 is 5.56. The van der Waals surface area contributed by atoms with Crippen molar-refractivity contribution in [3.05, 3.63) is 59.2 Å². The van der Waals surface area contributed by atoms with Crippen molar-refractivity contribution in [1.82, 2.24) is 5.32 Å². The van der Waals surface area contributed by atoms with Gasteiger partial charge in [-0.2, -0.15) is 0 Å². The molecule has 0 aromatic heterocycles. The minimum Gasteiger partial charge on any atom is -0.487 e. The van der Waals surface area contributed by atoms with Crippen LogP contribution in [0.1, 0.15) is 54.7 Å². The number of thiocarbonyl (C=S) groups is 1. The summed E-state index contributed by atoms with van der Waals surface area (Å²) in [6, 6.07) is 13.5. The van der Waals surface area contributed by atoms with Crippen molar-refractivity contribution in [1.29, 1.82) is 0 Å². The molecule has 1 heterocycles. The van der Waals surface area contributed by atoms with Crippen LogP contribution in [-0.4, -0.2) is 23.3 Å². The van der Waals surface area contributed by atoms with Gasteiger partial charge < -0.3 is 20.1 Å². The molecular formula is C22H26N2O3S. The van der Waals surface area contributed by atoms with Crippen LogP contribution in [0.5, 0.6) is 5.75 Å². The molecule has 2 N–H and O–H groups in total. The fraction of sp³-hybridized carbons (Fsp3) is 0.364. The van der Waals surface area contributed by atoms with E-state index in [1.165, 1.54) is 0 Å². The molecule has 2 aromatic rings. The summed E-state index contributed by atoms with van der Waals surface area (Å²) in [4.78, 5) is 12.1. The molecule has 2 aromatic carbocycles. The smallest absolute Gasteiger partial charge is 0.338 e. The van der Waals surface area contributed by atoms with Crippen molar-refractivity contribution in [2.24, 2.45) is 0 Å². The molecule has 1 aliphatic heterocycles. The number of hydrogen-bond donors (Lipinski definition) is 2. The number of nitrogens with one attached hydrogen (secondary N) is 2. The molecule has 5 nitrogen and oxygen atoms in total. The van der Waals surface area contributed by atoms with Gasteiger partial charge in [0.1, 0.15) is 11.4 Å². The molecule has 0 saturated carbocycles. The maximum Gasteiger partial charge on any atom is 0.338 e. The zero-order valence-electron chi connectivity index (χ0n) is 16.7. The van der Waals surface area contributed by atoms with E-state index in [1.807, 2.05) is 37.3 Å². The molecule has 0 aliphatic carbocycles. The van der Waals surface area contributed by atoms with E-state index in [2.05, 4.69) is 30.5 Å². The summed E-state index contributed by atoms with van der Waals surface area (Å²) in [6.07, 6.45) is 0.785. The first kappa shape index (κ1) is 20.1. The van der Waals surface area contributed by atoms with Gasteiger partial charge in [0.05, 0.1) is 18.2 Å². The number of benzene rings is 2. The monoisotopic (exact) mass is 398 g/mol. The van der Waals surface area contributed by atoms with Gasteiger partial charge >= 0.3 is 5.97 Å². The number of anilines is 1. The van der Waals surface area contributed by atoms with E-state index < -0.39 is 0 Å². The molecule has 1 aliphatic rings. The SMILES string of the molecule is CCOC(=O)c1cccc(NC(=S)N[C@@H]2CC(C)(C)Oc3ccccc32)c1C. The summed E-state index contributed by atoms with van der Waals surface area (Å²) in [5, 5.41) is 7.13. The highest BCUT2D eigenvalue weighted by atomic mass is 32.1. The fourth-order valence-electron chi connectivity index (χ4n) is 3.45. The number of esters is 1. The Labute approximate surface area is 171 Å². The lowest BCUT2D eigenvalue weighted by atomic mass is 9.90. The van der Waals surface area contributed by atoms with Crippen LogP contribution in [-0.2, 0) is 4.74 Å². The maximum absolute atomic E-state index is 12.1. The topological polar surface area (TPSA) is 59.6 Å². The predicted octanol–water partition coefficient (Wildman–Crippen LogP) is 4.76. The molecule has 6 heteroatoms. The second-order valence-electron chi connectivity index (χ2n) is 7.45. The van der Waals surface area contributed by atoms with Gasteiger partial charge in [0.2, 0.25) is 0 Å². The Morgan fingerprint density at radius 1 is 1.25 bits per heavy atom. The van der Waals surface area contributed by atoms with Crippen LogP contribution < -0.4 is 15.4 Å². The lowest BCUT2D eigenvalue weighted by molar-refractivity contribution is 0.0525. The maximum atomic E-state index is 12.1. The van der Waals surface area contributed by atoms with Crippen LogP contribution >= 0.6 is 12.2 Å². The molecule has 1 atom stereocenters. The van der Waals surface area contributed by atoms with Crippen LogP contribution in [0.15, 0.2) is 42.5 Å². The Morgan fingerprint density at radius 3 is 2.75 bits per heavy atom. The number of hydrogen-bond acceptors (Lipinski definition) is 4. The highest BCUT2D eigenvalue weighted by molar-refractivity contribution is 7.80. The molecule has 0 radical (unpaired) electrons. The van der Waals surface area contributed by atoms with Crippen molar-refractivity contribution in [2.45, 2.75) is 45.8 Å². The summed E-state index contributed by atoms with van der Waals surface area (Å²) in [5.74, 6) is 0.544. The Morgan fingerprint density at radius 2 is 2.00 bits per heavy atom. The lowest BCUT2D eigenvalue weighted by Crippen LogP contribution is -2.42. The second kappa shape index (κ2) is 8.19. The Balaban J connectivity index is 1.76. The molecule has 148 valence electrons. The number of carbonyl (C=O) groups is 1. The van der Waals surface area contributed by atoms with Crippen LogP contribution in [0.3, 0.4) is 0 Å². The van der Waals surface area contributed by atoms with Gasteiger partial charge in [0.15, 0.2) is 5.11 Å². The van der Waals surface area contributed by atoms with Crippen LogP contribution in [0, 0.1) is 6.92 Å². The molecule has 0 fully saturated rings. The largest absolute Gasteiger partial charge is 0.487 e. The van der Waals surface area contributed by atoms with E-state index >= 15 is 0 Å². The summed E-state index contributed by atoms with van der Waals surface area (Å²) in [6.45, 7) is 8.16. The minimum atomic E-state index is -0.331. The van der Waals surface area contributed by atoms with E-state index in [1.54, 1.807) is 13.0 Å². The first-order chi connectivity index (χ1) is 13.3. The van der Waals surface area contributed by atoms with Gasteiger partial charge in [0, 0.05) is 17.7 Å². The van der Waals surface area contributed by atoms with E-state index in [4.69, 9.17) is 21.7 Å². The van der Waals surface area contributed by atoms with Crippen molar-refractivity contribution >= 4 is 29.0 Å². The fourth-order valence-corrected chi connectivity index (χ4v) is 3.70. The van der Waals surface area contributed by atoms with Crippen LogP contribution in [0.25, 0.3) is 0 Å². The molecule has 0 amide bonds. The number of fused-ring (bicyclic) bond motifs is 1. The summed E-state index contributed by atoms with van der Waals surface area (Å²) in [7, 11) is 0. The average Bonchev–Trinajstić information content (AvgIpc) is 2.62. The van der Waals surface area contributed by atoms with Crippen molar-refractivity contribution in [2.75, 3.05) is 11.9 Å². The van der Waals surface area contributed by atoms with Gasteiger partial charge in [-0.05, 0) is 63.7 Å². The third-order valence-corrected chi connectivity index (χ3v) is 4.98. The summed E-state index contributed by atoms with van der Waals surface area (Å²) < 4.78 is 11.2. The molecule has 28 heavy (non-hydrogen) atoms. The summed E-state index contributed by atoms with van der Waals surface area (Å²) in [5.41, 5.74) is 2.91. The highest BCUT2D eigenvalue weighted by Gasteiger charge is 2.33. The second-order valence-corrected chi connectivity index (χ2v) is 7.86. The molecule has 0 unspecified atom stereocenters. The third-order valence-electron chi connectivity index (χ3n) is 4.76. The minimum absolute atomic E-state index is 0.0356. The van der Waals surface area contributed by atoms with Crippen LogP contribution in [0.4, 0.5) is 5.69 Å². The molecule has 3 rings (SSSR count). The highest BCUT2D eigenvalue weighted by Crippen LogP contribution is 2.39. The van der Waals surface area contributed by atoms with Crippen LogP contribution in [0.2, 0.25) is 0 Å². The third kappa shape index (κ3) is 4.44. The van der Waals surface area contributed by atoms with Gasteiger partial charge in [-0.1, -0.05) is 24.3 Å². The first-order valence-corrected chi connectivity index (χ1v) is 9.84. The Bertz CT molecular complexity index is 895. The zero-order valence-corrected chi connectivity index (χ0v) is 17.5. The van der Waals surface area contributed by atoms with Gasteiger partial charge in [0.25, 0.3) is 0 Å². The number of para-hydroxylation sites is 1. The van der Waals surface area contributed by atoms with E-state index in [0.717, 1.165) is 29.0 Å². The zero-order chi connectivity index (χ0) is 20.3.